The number of nitrogens with one attached hydrogen (secondary N) is 1. The average molecular weight is 181 g/mol. The fourth-order valence-corrected chi connectivity index (χ4v) is 1.24. The SMILES string of the molecule is c1cc(CNc2cnns2)co1. The predicted octanol–water partition coefficient (Wildman–Crippen LogP) is 1.74. The standard InChI is InChI=1S/C7H7N3OS/c1-2-11-5-6(1)3-8-7-4-9-10-12-7/h1-2,4-5,8H,3H2. The number of hydrogen-bond donors (Lipinski definition) is 1. The molecule has 0 atom stereocenters. The summed E-state index contributed by atoms with van der Waals surface area (Å²) in [5, 5.41) is 7.83. The van der Waals surface area contributed by atoms with Crippen LogP contribution in [0.1, 0.15) is 5.56 Å². The van der Waals surface area contributed by atoms with Crippen molar-refractivity contribution in [2.45, 2.75) is 6.54 Å². The second kappa shape index (κ2) is 3.36. The van der Waals surface area contributed by atoms with Crippen LogP contribution in [-0.2, 0) is 6.54 Å². The van der Waals surface area contributed by atoms with E-state index in [1.54, 1.807) is 18.7 Å². The molecule has 1 N–H and O–H groups in total. The van der Waals surface area contributed by atoms with Gasteiger partial charge in [-0.15, -0.1) is 5.10 Å². The predicted molar refractivity (Wildman–Crippen MR) is 45.9 cm³/mol. The van der Waals surface area contributed by atoms with Crippen LogP contribution >= 0.6 is 11.5 Å². The van der Waals surface area contributed by atoms with Gasteiger partial charge in [0.1, 0.15) is 5.00 Å². The number of furan rings is 1. The topological polar surface area (TPSA) is 51.0 Å². The van der Waals surface area contributed by atoms with Crippen molar-refractivity contribution in [2.24, 2.45) is 0 Å². The lowest BCUT2D eigenvalue weighted by molar-refractivity contribution is 0.564. The molecule has 0 aromatic carbocycles. The molecular formula is C7H7N3OS. The van der Waals surface area contributed by atoms with Crippen molar-refractivity contribution in [1.82, 2.24) is 9.59 Å². The molecule has 0 fully saturated rings. The van der Waals surface area contributed by atoms with Gasteiger partial charge in [-0.2, -0.15) is 0 Å². The van der Waals surface area contributed by atoms with E-state index in [-0.39, 0.29) is 0 Å². The first-order valence-corrected chi connectivity index (χ1v) is 4.25. The van der Waals surface area contributed by atoms with E-state index in [4.69, 9.17) is 4.42 Å². The smallest absolute Gasteiger partial charge is 0.130 e. The van der Waals surface area contributed by atoms with Crippen molar-refractivity contribution in [3.63, 3.8) is 0 Å². The first kappa shape index (κ1) is 7.30. The van der Waals surface area contributed by atoms with E-state index in [0.29, 0.717) is 0 Å². The lowest BCUT2D eigenvalue weighted by atomic mass is 10.3. The zero-order chi connectivity index (χ0) is 8.23. The van der Waals surface area contributed by atoms with Crippen molar-refractivity contribution >= 4 is 16.5 Å². The lowest BCUT2D eigenvalue weighted by Gasteiger charge is -1.96. The molecule has 0 unspecified atom stereocenters. The molecule has 0 saturated carbocycles. The summed E-state index contributed by atoms with van der Waals surface area (Å²) in [5.41, 5.74) is 1.11. The van der Waals surface area contributed by atoms with Crippen molar-refractivity contribution in [3.8, 4) is 0 Å². The van der Waals surface area contributed by atoms with Crippen LogP contribution in [0.4, 0.5) is 5.00 Å². The highest BCUT2D eigenvalue weighted by Gasteiger charge is 1.95. The van der Waals surface area contributed by atoms with Gasteiger partial charge in [0.05, 0.1) is 18.7 Å². The second-order valence-corrected chi connectivity index (χ2v) is 3.05. The fourth-order valence-electron chi connectivity index (χ4n) is 0.827. The maximum absolute atomic E-state index is 4.92. The zero-order valence-electron chi connectivity index (χ0n) is 6.23. The first-order chi connectivity index (χ1) is 5.95. The van der Waals surface area contributed by atoms with Crippen LogP contribution in [0.15, 0.2) is 29.2 Å². The van der Waals surface area contributed by atoms with Gasteiger partial charge < -0.3 is 9.73 Å². The third-order valence-electron chi connectivity index (χ3n) is 1.41. The number of anilines is 1. The van der Waals surface area contributed by atoms with Crippen molar-refractivity contribution in [3.05, 3.63) is 30.4 Å². The second-order valence-electron chi connectivity index (χ2n) is 2.27. The highest BCUT2D eigenvalue weighted by atomic mass is 32.1. The molecule has 0 amide bonds. The Kier molecular flexibility index (Phi) is 2.04. The molecule has 62 valence electrons. The fraction of sp³-hybridized carbons (Fsp3) is 0.143. The molecule has 0 spiro atoms. The molecule has 2 heterocycles. The van der Waals surface area contributed by atoms with Crippen LogP contribution in [0.25, 0.3) is 0 Å². The summed E-state index contributed by atoms with van der Waals surface area (Å²) in [5.74, 6) is 0. The van der Waals surface area contributed by atoms with Crippen LogP contribution in [0.5, 0.6) is 0 Å². The van der Waals surface area contributed by atoms with Crippen LogP contribution < -0.4 is 5.32 Å². The summed E-state index contributed by atoms with van der Waals surface area (Å²) in [6.07, 6.45) is 5.06. The molecular weight excluding hydrogens is 174 g/mol. The van der Waals surface area contributed by atoms with Gasteiger partial charge in [-0.3, -0.25) is 0 Å². The Balaban J connectivity index is 1.91. The van der Waals surface area contributed by atoms with Gasteiger partial charge in [0.25, 0.3) is 0 Å². The third kappa shape index (κ3) is 1.62. The summed E-state index contributed by atoms with van der Waals surface area (Å²) in [4.78, 5) is 0. The normalized spacial score (nSPS) is 10.0. The Morgan fingerprint density at radius 3 is 3.25 bits per heavy atom. The minimum absolute atomic E-state index is 0.750. The van der Waals surface area contributed by atoms with Crippen LogP contribution in [-0.4, -0.2) is 9.59 Å². The summed E-state index contributed by atoms with van der Waals surface area (Å²) in [6, 6.07) is 1.92. The Hall–Kier alpha value is -1.36. The van der Waals surface area contributed by atoms with E-state index >= 15 is 0 Å². The largest absolute Gasteiger partial charge is 0.472 e. The molecule has 0 aliphatic heterocycles. The minimum atomic E-state index is 0.750. The highest BCUT2D eigenvalue weighted by Crippen LogP contribution is 2.11. The van der Waals surface area contributed by atoms with Gasteiger partial charge in [0.2, 0.25) is 0 Å². The Bertz CT molecular complexity index is 282. The molecule has 4 nitrogen and oxygen atoms in total. The van der Waals surface area contributed by atoms with Gasteiger partial charge in [-0.25, -0.2) is 0 Å². The van der Waals surface area contributed by atoms with Crippen LogP contribution in [0, 0.1) is 0 Å². The molecule has 0 saturated heterocycles. The molecule has 0 radical (unpaired) electrons. The van der Waals surface area contributed by atoms with Crippen LogP contribution in [0.3, 0.4) is 0 Å². The molecule has 0 bridgehead atoms. The van der Waals surface area contributed by atoms with E-state index in [1.807, 2.05) is 6.07 Å². The molecule has 0 aliphatic carbocycles. The van der Waals surface area contributed by atoms with Crippen LogP contribution in [0.2, 0.25) is 0 Å². The van der Waals surface area contributed by atoms with Gasteiger partial charge in [0.15, 0.2) is 0 Å². The molecule has 0 aliphatic rings. The van der Waals surface area contributed by atoms with E-state index < -0.39 is 0 Å². The number of nitrogens with zero attached hydrogens (tertiary/aromatic N) is 2. The molecule has 5 heteroatoms. The number of hydrogen-bond acceptors (Lipinski definition) is 5. The maximum Gasteiger partial charge on any atom is 0.130 e. The Morgan fingerprint density at radius 2 is 2.58 bits per heavy atom. The number of rotatable bonds is 3. The molecule has 12 heavy (non-hydrogen) atoms. The number of aromatic nitrogens is 2. The van der Waals surface area contributed by atoms with Gasteiger partial charge >= 0.3 is 0 Å². The maximum atomic E-state index is 4.92. The van der Waals surface area contributed by atoms with Gasteiger partial charge in [0, 0.05) is 23.6 Å². The first-order valence-electron chi connectivity index (χ1n) is 3.47. The van der Waals surface area contributed by atoms with Crippen molar-refractivity contribution in [1.29, 1.82) is 0 Å². The van der Waals surface area contributed by atoms with Gasteiger partial charge in [-0.1, -0.05) is 4.49 Å². The van der Waals surface area contributed by atoms with E-state index in [1.165, 1.54) is 11.5 Å². The van der Waals surface area contributed by atoms with E-state index in [2.05, 4.69) is 14.9 Å². The zero-order valence-corrected chi connectivity index (χ0v) is 7.04. The Labute approximate surface area is 73.4 Å². The van der Waals surface area contributed by atoms with Gasteiger partial charge in [-0.05, 0) is 6.07 Å². The highest BCUT2D eigenvalue weighted by molar-refractivity contribution is 7.09. The molecule has 2 rings (SSSR count). The quantitative estimate of drug-likeness (QED) is 0.783. The summed E-state index contributed by atoms with van der Waals surface area (Å²) in [7, 11) is 0. The van der Waals surface area contributed by atoms with Crippen molar-refractivity contribution in [2.75, 3.05) is 5.32 Å². The monoisotopic (exact) mass is 181 g/mol. The average Bonchev–Trinajstić information content (AvgIpc) is 2.74. The summed E-state index contributed by atoms with van der Waals surface area (Å²) in [6.45, 7) is 0.750. The minimum Gasteiger partial charge on any atom is -0.472 e. The molecule has 2 aromatic rings. The summed E-state index contributed by atoms with van der Waals surface area (Å²) < 4.78 is 8.64. The van der Waals surface area contributed by atoms with Crippen molar-refractivity contribution < 1.29 is 4.42 Å². The lowest BCUT2D eigenvalue weighted by Crippen LogP contribution is -1.95. The molecule has 2 aromatic heterocycles. The van der Waals surface area contributed by atoms with E-state index in [0.717, 1.165) is 17.1 Å². The third-order valence-corrected chi connectivity index (χ3v) is 2.03. The summed E-state index contributed by atoms with van der Waals surface area (Å²) >= 11 is 1.34. The van der Waals surface area contributed by atoms with E-state index in [9.17, 15) is 0 Å². The Morgan fingerprint density at radius 1 is 1.58 bits per heavy atom.